The molecule has 8 heteroatoms. The molecule has 168 valence electrons. The fourth-order valence-electron chi connectivity index (χ4n) is 4.09. The standard InChI is InChI=1S/C25H24FN5O2/c1-14-4-3-5-18(12-14)24-30-22-20(31(24)13-16-6-10-19(26)11-7-16)21(27-15(2)17-8-9-17)28-23(29-22)25(32)33/h3-7,10-12,15,17H,8-9,13H2,1-2H3,(H,32,33)(H,27,28,29)/t15-/m1/s1. The van der Waals surface area contributed by atoms with Gasteiger partial charge in [0, 0.05) is 18.2 Å². The highest BCUT2D eigenvalue weighted by Gasteiger charge is 2.30. The molecule has 1 atom stereocenters. The number of carboxylic acid groups (broad SMARTS) is 1. The van der Waals surface area contributed by atoms with Crippen molar-refractivity contribution in [3.05, 3.63) is 71.3 Å². The molecule has 0 bridgehead atoms. The van der Waals surface area contributed by atoms with Gasteiger partial charge in [-0.1, -0.05) is 35.9 Å². The first-order chi connectivity index (χ1) is 15.9. The molecule has 1 aliphatic rings. The van der Waals surface area contributed by atoms with Crippen molar-refractivity contribution < 1.29 is 14.3 Å². The molecule has 2 N–H and O–H groups in total. The Labute approximate surface area is 190 Å². The molecule has 4 aromatic rings. The molecule has 5 rings (SSSR count). The topological polar surface area (TPSA) is 92.9 Å². The number of aromatic nitrogens is 4. The number of aromatic carboxylic acids is 1. The van der Waals surface area contributed by atoms with Crippen LogP contribution in [-0.2, 0) is 6.54 Å². The molecule has 7 nitrogen and oxygen atoms in total. The van der Waals surface area contributed by atoms with Crippen LogP contribution in [0, 0.1) is 18.7 Å². The van der Waals surface area contributed by atoms with Crippen molar-refractivity contribution in [2.75, 3.05) is 5.32 Å². The normalized spacial score (nSPS) is 14.4. The number of hydrogen-bond donors (Lipinski definition) is 2. The van der Waals surface area contributed by atoms with Crippen molar-refractivity contribution in [2.24, 2.45) is 5.92 Å². The molecule has 0 radical (unpaired) electrons. The lowest BCUT2D eigenvalue weighted by Crippen LogP contribution is -2.20. The van der Waals surface area contributed by atoms with E-state index in [1.807, 2.05) is 35.8 Å². The Morgan fingerprint density at radius 1 is 1.18 bits per heavy atom. The van der Waals surface area contributed by atoms with Gasteiger partial charge in [0.05, 0.1) is 0 Å². The van der Waals surface area contributed by atoms with Crippen LogP contribution in [0.2, 0.25) is 0 Å². The average Bonchev–Trinajstić information content (AvgIpc) is 3.57. The monoisotopic (exact) mass is 445 g/mol. The smallest absolute Gasteiger partial charge is 0.374 e. The van der Waals surface area contributed by atoms with Gasteiger partial charge in [-0.05, 0) is 56.4 Å². The summed E-state index contributed by atoms with van der Waals surface area (Å²) in [6, 6.07) is 14.4. The number of imidazole rings is 1. The molecular weight excluding hydrogens is 421 g/mol. The van der Waals surface area contributed by atoms with Crippen LogP contribution in [0.5, 0.6) is 0 Å². The zero-order valence-corrected chi connectivity index (χ0v) is 18.4. The van der Waals surface area contributed by atoms with E-state index in [0.29, 0.717) is 35.3 Å². The maximum Gasteiger partial charge on any atom is 0.374 e. The summed E-state index contributed by atoms with van der Waals surface area (Å²) in [6.45, 7) is 4.49. The molecule has 0 unspecified atom stereocenters. The maximum atomic E-state index is 13.5. The van der Waals surface area contributed by atoms with Crippen molar-refractivity contribution >= 4 is 23.0 Å². The van der Waals surface area contributed by atoms with Crippen LogP contribution in [0.1, 0.15) is 41.5 Å². The second-order valence-corrected chi connectivity index (χ2v) is 8.66. The maximum absolute atomic E-state index is 13.5. The van der Waals surface area contributed by atoms with E-state index in [0.717, 1.165) is 29.5 Å². The van der Waals surface area contributed by atoms with E-state index in [1.165, 1.54) is 12.1 Å². The molecule has 0 spiro atoms. The van der Waals surface area contributed by atoms with Crippen LogP contribution < -0.4 is 5.32 Å². The molecular formula is C25H24FN5O2. The number of anilines is 1. The first-order valence-corrected chi connectivity index (χ1v) is 11.0. The van der Waals surface area contributed by atoms with Crippen molar-refractivity contribution in [3.63, 3.8) is 0 Å². The predicted octanol–water partition coefficient (Wildman–Crippen LogP) is 4.90. The minimum absolute atomic E-state index is 0.140. The molecule has 0 saturated heterocycles. The van der Waals surface area contributed by atoms with Gasteiger partial charge in [0.1, 0.15) is 17.2 Å². The number of nitrogens with one attached hydrogen (secondary N) is 1. The molecule has 1 saturated carbocycles. The van der Waals surface area contributed by atoms with Crippen LogP contribution in [-0.4, -0.2) is 36.6 Å². The van der Waals surface area contributed by atoms with Gasteiger partial charge in [0.15, 0.2) is 11.5 Å². The lowest BCUT2D eigenvalue weighted by atomic mass is 10.1. The van der Waals surface area contributed by atoms with E-state index in [9.17, 15) is 14.3 Å². The third-order valence-electron chi connectivity index (χ3n) is 6.02. The largest absolute Gasteiger partial charge is 0.475 e. The van der Waals surface area contributed by atoms with Gasteiger partial charge in [-0.2, -0.15) is 0 Å². The van der Waals surface area contributed by atoms with Gasteiger partial charge in [-0.15, -0.1) is 0 Å². The molecule has 0 aliphatic heterocycles. The van der Waals surface area contributed by atoms with E-state index in [-0.39, 0.29) is 17.7 Å². The van der Waals surface area contributed by atoms with E-state index < -0.39 is 5.97 Å². The average molecular weight is 445 g/mol. The molecule has 1 aliphatic carbocycles. The Hall–Kier alpha value is -3.81. The number of rotatable bonds is 7. The van der Waals surface area contributed by atoms with E-state index in [1.54, 1.807) is 12.1 Å². The fourth-order valence-corrected chi connectivity index (χ4v) is 4.09. The van der Waals surface area contributed by atoms with Crippen LogP contribution >= 0.6 is 0 Å². The molecule has 33 heavy (non-hydrogen) atoms. The lowest BCUT2D eigenvalue weighted by Gasteiger charge is -2.17. The first-order valence-electron chi connectivity index (χ1n) is 11.0. The fraction of sp³-hybridized carbons (Fsp3) is 0.280. The van der Waals surface area contributed by atoms with Crippen molar-refractivity contribution in [1.29, 1.82) is 0 Å². The Balaban J connectivity index is 1.73. The van der Waals surface area contributed by atoms with Gasteiger partial charge >= 0.3 is 5.97 Å². The second kappa shape index (κ2) is 8.27. The highest BCUT2D eigenvalue weighted by atomic mass is 19.1. The number of hydrogen-bond acceptors (Lipinski definition) is 5. The predicted molar refractivity (Wildman–Crippen MR) is 124 cm³/mol. The molecule has 2 heterocycles. The summed E-state index contributed by atoms with van der Waals surface area (Å²) in [4.78, 5) is 25.1. The summed E-state index contributed by atoms with van der Waals surface area (Å²) in [5.74, 6) is -0.169. The van der Waals surface area contributed by atoms with Crippen LogP contribution in [0.4, 0.5) is 10.2 Å². The quantitative estimate of drug-likeness (QED) is 0.420. The van der Waals surface area contributed by atoms with Crippen molar-refractivity contribution in [1.82, 2.24) is 19.5 Å². The Morgan fingerprint density at radius 2 is 1.94 bits per heavy atom. The SMILES string of the molecule is Cc1cccc(-c2nc3nc(C(=O)O)nc(N[C@H](C)C4CC4)c3n2Cc2ccc(F)cc2)c1. The Kier molecular flexibility index (Phi) is 5.28. The van der Waals surface area contributed by atoms with Gasteiger partial charge in [-0.25, -0.2) is 24.1 Å². The van der Waals surface area contributed by atoms with Crippen LogP contribution in [0.25, 0.3) is 22.6 Å². The first kappa shape index (κ1) is 21.1. The van der Waals surface area contributed by atoms with Gasteiger partial charge in [0.2, 0.25) is 5.82 Å². The summed E-state index contributed by atoms with van der Waals surface area (Å²) >= 11 is 0. The van der Waals surface area contributed by atoms with Crippen LogP contribution in [0.15, 0.2) is 48.5 Å². The second-order valence-electron chi connectivity index (χ2n) is 8.66. The number of fused-ring (bicyclic) bond motifs is 1. The zero-order valence-electron chi connectivity index (χ0n) is 18.4. The summed E-state index contributed by atoms with van der Waals surface area (Å²) in [5, 5.41) is 13.0. The highest BCUT2D eigenvalue weighted by Crippen LogP contribution is 2.36. The number of carboxylic acids is 1. The Morgan fingerprint density at radius 3 is 2.61 bits per heavy atom. The summed E-state index contributed by atoms with van der Waals surface area (Å²) in [7, 11) is 0. The van der Waals surface area contributed by atoms with E-state index in [2.05, 4.69) is 22.2 Å². The number of benzene rings is 2. The number of nitrogens with zero attached hydrogens (tertiary/aromatic N) is 4. The van der Waals surface area contributed by atoms with Crippen LogP contribution in [0.3, 0.4) is 0 Å². The number of carbonyl (C=O) groups is 1. The number of halogens is 1. The molecule has 2 aromatic carbocycles. The molecule has 0 amide bonds. The number of aryl methyl sites for hydroxylation is 1. The third-order valence-corrected chi connectivity index (χ3v) is 6.02. The van der Waals surface area contributed by atoms with Crippen molar-refractivity contribution in [3.8, 4) is 11.4 Å². The minimum Gasteiger partial charge on any atom is -0.475 e. The zero-order chi connectivity index (χ0) is 23.1. The minimum atomic E-state index is -1.20. The van der Waals surface area contributed by atoms with Gasteiger partial charge in [0.25, 0.3) is 0 Å². The lowest BCUT2D eigenvalue weighted by molar-refractivity contribution is 0.0684. The third kappa shape index (κ3) is 4.28. The van der Waals surface area contributed by atoms with Crippen molar-refractivity contribution in [2.45, 2.75) is 39.3 Å². The van der Waals surface area contributed by atoms with E-state index in [4.69, 9.17) is 4.98 Å². The van der Waals surface area contributed by atoms with E-state index >= 15 is 0 Å². The highest BCUT2D eigenvalue weighted by molar-refractivity contribution is 5.92. The molecule has 1 fully saturated rings. The summed E-state index contributed by atoms with van der Waals surface area (Å²) in [5.41, 5.74) is 3.78. The molecule has 2 aromatic heterocycles. The van der Waals surface area contributed by atoms with Gasteiger partial charge < -0.3 is 15.0 Å². The Bertz CT molecular complexity index is 1350. The van der Waals surface area contributed by atoms with Gasteiger partial charge in [-0.3, -0.25) is 0 Å². The summed E-state index contributed by atoms with van der Waals surface area (Å²) in [6.07, 6.45) is 2.27. The summed E-state index contributed by atoms with van der Waals surface area (Å²) < 4.78 is 15.5.